The van der Waals surface area contributed by atoms with Gasteiger partial charge in [0.1, 0.15) is 17.4 Å². The first kappa shape index (κ1) is 14.0. The van der Waals surface area contributed by atoms with E-state index >= 15 is 0 Å². The molecule has 1 heterocycles. The second-order valence-electron chi connectivity index (χ2n) is 4.30. The molecule has 0 bridgehead atoms. The molecule has 0 radical (unpaired) electrons. The summed E-state index contributed by atoms with van der Waals surface area (Å²) in [5, 5.41) is 6.45. The van der Waals surface area contributed by atoms with Crippen molar-refractivity contribution in [2.45, 2.75) is 33.4 Å². The van der Waals surface area contributed by atoms with E-state index in [9.17, 15) is 0 Å². The number of rotatable bonds is 7. The van der Waals surface area contributed by atoms with Crippen LogP contribution in [0.3, 0.4) is 0 Å². The molecule has 0 aliphatic carbocycles. The summed E-state index contributed by atoms with van der Waals surface area (Å²) in [7, 11) is 0. The average Bonchev–Trinajstić information content (AvgIpc) is 2.91. The number of hydrogen-bond acceptors (Lipinski definition) is 4. The van der Waals surface area contributed by atoms with Gasteiger partial charge in [0.15, 0.2) is 0 Å². The van der Waals surface area contributed by atoms with Crippen molar-refractivity contribution in [2.24, 2.45) is 0 Å². The van der Waals surface area contributed by atoms with Gasteiger partial charge >= 0.3 is 0 Å². The van der Waals surface area contributed by atoms with Crippen LogP contribution in [0.25, 0.3) is 0 Å². The highest BCUT2D eigenvalue weighted by atomic mass is 32.1. The largest absolute Gasteiger partial charge is 0.487 e. The molecule has 0 aliphatic heterocycles. The highest BCUT2D eigenvalue weighted by Crippen LogP contribution is 2.16. The third-order valence-electron chi connectivity index (χ3n) is 2.84. The Morgan fingerprint density at radius 2 is 2.00 bits per heavy atom. The number of ether oxygens (including phenoxy) is 1. The van der Waals surface area contributed by atoms with Crippen LogP contribution in [0.1, 0.15) is 30.1 Å². The standard InChI is InChI=1S/C15H20N2OS/c1-3-12-5-7-14(8-6-12)18-10-13-11-19-15(17-13)9-16-4-2/h5-8,11,16H,3-4,9-10H2,1-2H3. The molecule has 0 unspecified atom stereocenters. The lowest BCUT2D eigenvalue weighted by atomic mass is 10.2. The van der Waals surface area contributed by atoms with E-state index in [1.807, 2.05) is 12.1 Å². The number of nitrogens with one attached hydrogen (secondary N) is 1. The fraction of sp³-hybridized carbons (Fsp3) is 0.400. The molecule has 0 aliphatic rings. The molecule has 0 amide bonds. The zero-order valence-corrected chi connectivity index (χ0v) is 12.3. The summed E-state index contributed by atoms with van der Waals surface area (Å²) in [6.07, 6.45) is 1.06. The molecule has 0 saturated carbocycles. The van der Waals surface area contributed by atoms with Crippen LogP contribution in [-0.4, -0.2) is 11.5 Å². The summed E-state index contributed by atoms with van der Waals surface area (Å²) in [6, 6.07) is 8.25. The molecule has 2 rings (SSSR count). The van der Waals surface area contributed by atoms with Gasteiger partial charge in [0, 0.05) is 11.9 Å². The number of thiazole rings is 1. The normalized spacial score (nSPS) is 10.6. The van der Waals surface area contributed by atoms with E-state index in [1.54, 1.807) is 11.3 Å². The Hall–Kier alpha value is -1.39. The molecule has 0 saturated heterocycles. The van der Waals surface area contributed by atoms with E-state index in [-0.39, 0.29) is 0 Å². The minimum absolute atomic E-state index is 0.536. The van der Waals surface area contributed by atoms with Gasteiger partial charge in [0.05, 0.1) is 5.69 Å². The first-order valence-corrected chi connectivity index (χ1v) is 7.55. The molecular formula is C15H20N2OS. The number of aryl methyl sites for hydroxylation is 1. The Bertz CT molecular complexity index is 493. The number of hydrogen-bond donors (Lipinski definition) is 1. The van der Waals surface area contributed by atoms with Crippen LogP contribution in [0.4, 0.5) is 0 Å². The molecule has 1 aromatic carbocycles. The SMILES string of the molecule is CCNCc1nc(COc2ccc(CC)cc2)cs1. The fourth-order valence-corrected chi connectivity index (χ4v) is 2.46. The van der Waals surface area contributed by atoms with E-state index in [0.29, 0.717) is 6.61 Å². The summed E-state index contributed by atoms with van der Waals surface area (Å²) in [5.41, 5.74) is 2.33. The molecule has 0 spiro atoms. The van der Waals surface area contributed by atoms with E-state index in [4.69, 9.17) is 4.74 Å². The number of nitrogens with zero attached hydrogens (tertiary/aromatic N) is 1. The molecule has 4 heteroatoms. The summed E-state index contributed by atoms with van der Waals surface area (Å²) in [6.45, 7) is 6.59. The van der Waals surface area contributed by atoms with Gasteiger partial charge in [-0.25, -0.2) is 4.98 Å². The Morgan fingerprint density at radius 3 is 2.68 bits per heavy atom. The molecule has 1 aromatic heterocycles. The topological polar surface area (TPSA) is 34.2 Å². The van der Waals surface area contributed by atoms with Gasteiger partial charge in [-0.05, 0) is 30.7 Å². The van der Waals surface area contributed by atoms with Crippen molar-refractivity contribution in [1.29, 1.82) is 0 Å². The lowest BCUT2D eigenvalue weighted by molar-refractivity contribution is 0.302. The average molecular weight is 276 g/mol. The third kappa shape index (κ3) is 4.33. The van der Waals surface area contributed by atoms with Crippen LogP contribution in [-0.2, 0) is 19.6 Å². The van der Waals surface area contributed by atoms with Crippen LogP contribution in [0.2, 0.25) is 0 Å². The molecule has 102 valence electrons. The maximum absolute atomic E-state index is 5.73. The fourth-order valence-electron chi connectivity index (χ4n) is 1.71. The van der Waals surface area contributed by atoms with E-state index in [1.165, 1.54) is 5.56 Å². The summed E-state index contributed by atoms with van der Waals surface area (Å²) < 4.78 is 5.73. The van der Waals surface area contributed by atoms with Crippen molar-refractivity contribution >= 4 is 11.3 Å². The Balaban J connectivity index is 1.85. The monoisotopic (exact) mass is 276 g/mol. The molecule has 2 aromatic rings. The summed E-state index contributed by atoms with van der Waals surface area (Å²) in [4.78, 5) is 4.53. The summed E-state index contributed by atoms with van der Waals surface area (Å²) >= 11 is 1.68. The quantitative estimate of drug-likeness (QED) is 0.841. The van der Waals surface area contributed by atoms with Crippen molar-refractivity contribution < 1.29 is 4.74 Å². The van der Waals surface area contributed by atoms with Crippen molar-refractivity contribution in [2.75, 3.05) is 6.54 Å². The van der Waals surface area contributed by atoms with Crippen molar-refractivity contribution in [1.82, 2.24) is 10.3 Å². The van der Waals surface area contributed by atoms with Gasteiger partial charge in [-0.3, -0.25) is 0 Å². The third-order valence-corrected chi connectivity index (χ3v) is 3.74. The zero-order valence-electron chi connectivity index (χ0n) is 11.5. The first-order chi connectivity index (χ1) is 9.31. The van der Waals surface area contributed by atoms with E-state index < -0.39 is 0 Å². The van der Waals surface area contributed by atoms with Crippen molar-refractivity contribution in [3.05, 3.63) is 45.9 Å². The molecule has 19 heavy (non-hydrogen) atoms. The van der Waals surface area contributed by atoms with Crippen LogP contribution in [0.15, 0.2) is 29.6 Å². The molecule has 1 N–H and O–H groups in total. The van der Waals surface area contributed by atoms with Gasteiger partial charge in [0.25, 0.3) is 0 Å². The molecule has 0 fully saturated rings. The van der Waals surface area contributed by atoms with E-state index in [0.717, 1.165) is 36.0 Å². The minimum Gasteiger partial charge on any atom is -0.487 e. The van der Waals surface area contributed by atoms with E-state index in [2.05, 4.69) is 41.7 Å². The highest BCUT2D eigenvalue weighted by Gasteiger charge is 2.02. The first-order valence-electron chi connectivity index (χ1n) is 6.67. The van der Waals surface area contributed by atoms with Gasteiger partial charge < -0.3 is 10.1 Å². The maximum atomic E-state index is 5.73. The predicted octanol–water partition coefficient (Wildman–Crippen LogP) is 3.39. The van der Waals surface area contributed by atoms with Crippen molar-refractivity contribution in [3.63, 3.8) is 0 Å². The Kier molecular flexibility index (Phi) is 5.36. The van der Waals surface area contributed by atoms with Crippen LogP contribution in [0.5, 0.6) is 5.75 Å². The Labute approximate surface area is 118 Å². The molecule has 3 nitrogen and oxygen atoms in total. The second kappa shape index (κ2) is 7.26. The minimum atomic E-state index is 0.536. The summed E-state index contributed by atoms with van der Waals surface area (Å²) in [5.74, 6) is 0.901. The maximum Gasteiger partial charge on any atom is 0.131 e. The predicted molar refractivity (Wildman–Crippen MR) is 79.6 cm³/mol. The van der Waals surface area contributed by atoms with Crippen LogP contribution < -0.4 is 10.1 Å². The smallest absolute Gasteiger partial charge is 0.131 e. The molecule has 0 atom stereocenters. The highest BCUT2D eigenvalue weighted by molar-refractivity contribution is 7.09. The second-order valence-corrected chi connectivity index (χ2v) is 5.24. The van der Waals surface area contributed by atoms with Crippen LogP contribution >= 0.6 is 11.3 Å². The zero-order chi connectivity index (χ0) is 13.5. The van der Waals surface area contributed by atoms with Crippen molar-refractivity contribution in [3.8, 4) is 5.75 Å². The lowest BCUT2D eigenvalue weighted by Crippen LogP contribution is -2.11. The van der Waals surface area contributed by atoms with Crippen LogP contribution in [0, 0.1) is 0 Å². The van der Waals surface area contributed by atoms with Gasteiger partial charge in [-0.2, -0.15) is 0 Å². The van der Waals surface area contributed by atoms with Gasteiger partial charge in [0.2, 0.25) is 0 Å². The lowest BCUT2D eigenvalue weighted by Gasteiger charge is -2.04. The van der Waals surface area contributed by atoms with Gasteiger partial charge in [-0.1, -0.05) is 26.0 Å². The van der Waals surface area contributed by atoms with Gasteiger partial charge in [-0.15, -0.1) is 11.3 Å². The molecular weight excluding hydrogens is 256 g/mol. The Morgan fingerprint density at radius 1 is 1.21 bits per heavy atom. The number of aromatic nitrogens is 1. The number of benzene rings is 1.